The van der Waals surface area contributed by atoms with Gasteiger partial charge in [0.1, 0.15) is 45.4 Å². The zero-order valence-electron chi connectivity index (χ0n) is 52.9. The molecule has 1 aromatic heterocycles. The molecule has 0 saturated heterocycles. The summed E-state index contributed by atoms with van der Waals surface area (Å²) in [6.45, 7) is 11.1. The van der Waals surface area contributed by atoms with Gasteiger partial charge in [-0.3, -0.25) is 52.9 Å². The number of thioether (sulfide) groups is 1. The third-order valence-corrected chi connectivity index (χ3v) is 16.3. The summed E-state index contributed by atoms with van der Waals surface area (Å²) in [5, 5.41) is 39.1. The largest absolute Gasteiger partial charge is 0.480 e. The lowest BCUT2D eigenvalue weighted by Crippen LogP contribution is -2.56. The lowest BCUT2D eigenvalue weighted by atomic mass is 10.0. The Bertz CT molecular complexity index is 2880. The number of unbranched alkanes of at least 4 members (excludes halogenated alkanes) is 3. The molecule has 31 heteroatoms. The standard InChI is InChI=1S/C58H91N15O14S2/c1-33(2)37-27-58(37,71-47(78)31-62-50(81)40(20-14-17-25-73(10)11)70-56(86)87-57(5,6)7)55(85)63-30-46(77)66-39(19-13-16-24-72(8)9)49(80)61-28-44(75)60-29-45(76)64-34(3)48(79)67-41(18-12-15-23-59-35(4)74)51(82)65-36-21-22-38-43(26-36)89-53(68-38)52-69-42(32-88-52)54(83)84/h21-22,26,33-34,37,39-42H,12-20,23-25,27-32H2,1-11H3,(H,59,74)(H,60,75)(H,61,80)(H,62,81)(H,63,85)(H,64,76)(H,65,82)(H,66,77)(H,67,79)(H,70,86)(H,71,78)(H,83,84)/t34-,37-,39-,40-,41?,42?,58?/m0/s1. The number of nitrogens with zero attached hydrogens (tertiary/aromatic N) is 4. The molecule has 3 unspecified atom stereocenters. The SMILES string of the molecule is CC(=O)NCCCCC(NC(=O)[C@H](C)NC(=O)CNC(=O)CNC(=O)[C@H](CCCCN(C)C)NC(=O)CNC(=O)C1(NC(=O)CNC(=O)[C@H](CCCCN(C)C)NC(=O)OC(C)(C)C)C[C@H]1C(C)C)C(=O)Nc1ccc2nc(C3=NC(C(=O)O)CS3)sc2c1. The van der Waals surface area contributed by atoms with E-state index in [9.17, 15) is 62.6 Å². The minimum Gasteiger partial charge on any atom is -0.480 e. The number of nitrogens with one attached hydrogen (secondary N) is 11. The summed E-state index contributed by atoms with van der Waals surface area (Å²) in [5.74, 6) is -7.54. The third-order valence-electron chi connectivity index (χ3n) is 14.1. The van der Waals surface area contributed by atoms with E-state index in [2.05, 4.69) is 68.5 Å². The molecule has 0 spiro atoms. The van der Waals surface area contributed by atoms with Crippen LogP contribution in [-0.4, -0.2) is 217 Å². The highest BCUT2D eigenvalue weighted by molar-refractivity contribution is 8.15. The molecule has 1 aliphatic heterocycles. The number of hydrogen-bond donors (Lipinski definition) is 12. The fraction of sp³-hybridized carbons (Fsp3) is 0.655. The monoisotopic (exact) mass is 1290 g/mol. The summed E-state index contributed by atoms with van der Waals surface area (Å²) in [7, 11) is 7.61. The maximum Gasteiger partial charge on any atom is 0.408 e. The Balaban J connectivity index is 1.29. The predicted molar refractivity (Wildman–Crippen MR) is 336 cm³/mol. The minimum absolute atomic E-state index is 0.0656. The summed E-state index contributed by atoms with van der Waals surface area (Å²) in [6.07, 6.45) is 3.47. The highest BCUT2D eigenvalue weighted by Crippen LogP contribution is 2.48. The van der Waals surface area contributed by atoms with Crippen molar-refractivity contribution in [1.82, 2.24) is 68.0 Å². The number of ether oxygens (including phenoxy) is 1. The Hall–Kier alpha value is -7.51. The Morgan fingerprint density at radius 3 is 1.80 bits per heavy atom. The zero-order valence-corrected chi connectivity index (χ0v) is 54.5. The molecule has 4 rings (SSSR count). The first kappa shape index (κ1) is 74.0. The van der Waals surface area contributed by atoms with Gasteiger partial charge in [-0.15, -0.1) is 23.1 Å². The summed E-state index contributed by atoms with van der Waals surface area (Å²) < 4.78 is 6.05. The van der Waals surface area contributed by atoms with Crippen molar-refractivity contribution in [2.45, 2.75) is 154 Å². The molecular weight excluding hydrogens is 1190 g/mol. The number of aliphatic imine (C=N–C) groups is 1. The molecular formula is C58H91N15O14S2. The minimum atomic E-state index is -1.40. The summed E-state index contributed by atoms with van der Waals surface area (Å²) in [5.41, 5.74) is -1.21. The average Bonchev–Trinajstić information content (AvgIpc) is 1.65. The van der Waals surface area contributed by atoms with Gasteiger partial charge in [-0.05, 0) is 163 Å². The third kappa shape index (κ3) is 26.2. The van der Waals surface area contributed by atoms with Crippen LogP contribution >= 0.6 is 23.1 Å². The van der Waals surface area contributed by atoms with Gasteiger partial charge in [-0.1, -0.05) is 13.8 Å². The lowest BCUT2D eigenvalue weighted by Gasteiger charge is -2.24. The van der Waals surface area contributed by atoms with Gasteiger partial charge in [0, 0.05) is 24.9 Å². The molecule has 11 amide bonds. The number of aliphatic carboxylic acids is 1. The molecule has 1 aliphatic carbocycles. The van der Waals surface area contributed by atoms with Gasteiger partial charge >= 0.3 is 12.1 Å². The molecule has 7 atom stereocenters. The number of carbonyl (C=O) groups is 12. The van der Waals surface area contributed by atoms with Gasteiger partial charge in [0.05, 0.1) is 36.4 Å². The Labute approximate surface area is 527 Å². The maximum absolute atomic E-state index is 13.8. The van der Waals surface area contributed by atoms with Crippen molar-refractivity contribution in [2.24, 2.45) is 16.8 Å². The van der Waals surface area contributed by atoms with E-state index in [4.69, 9.17) is 4.74 Å². The number of fused-ring (bicyclic) bond motifs is 1. The van der Waals surface area contributed by atoms with E-state index in [1.807, 2.05) is 51.8 Å². The van der Waals surface area contributed by atoms with Gasteiger partial charge in [-0.2, -0.15) is 0 Å². The lowest BCUT2D eigenvalue weighted by molar-refractivity contribution is -0.138. The van der Waals surface area contributed by atoms with Crippen molar-refractivity contribution < 1.29 is 67.4 Å². The second-order valence-corrected chi connectivity index (χ2v) is 26.0. The topological polar surface area (TPSA) is 398 Å². The molecule has 0 bridgehead atoms. The molecule has 0 radical (unpaired) electrons. The van der Waals surface area contributed by atoms with E-state index in [0.717, 1.165) is 13.0 Å². The summed E-state index contributed by atoms with van der Waals surface area (Å²) in [4.78, 5) is 169. The smallest absolute Gasteiger partial charge is 0.408 e. The van der Waals surface area contributed by atoms with Gasteiger partial charge in [0.2, 0.25) is 59.1 Å². The number of amides is 11. The van der Waals surface area contributed by atoms with Crippen LogP contribution in [0.3, 0.4) is 0 Å². The van der Waals surface area contributed by atoms with Crippen molar-refractivity contribution in [1.29, 1.82) is 0 Å². The van der Waals surface area contributed by atoms with Crippen LogP contribution in [0.5, 0.6) is 0 Å². The fourth-order valence-corrected chi connectivity index (χ4v) is 11.5. The number of aromatic nitrogens is 1. The van der Waals surface area contributed by atoms with Crippen molar-refractivity contribution in [3.05, 3.63) is 23.2 Å². The quantitative estimate of drug-likeness (QED) is 0.0405. The summed E-state index contributed by atoms with van der Waals surface area (Å²) in [6, 6.07) is -0.256. The van der Waals surface area contributed by atoms with Crippen LogP contribution in [0.1, 0.15) is 118 Å². The van der Waals surface area contributed by atoms with Crippen LogP contribution in [0.15, 0.2) is 23.2 Å². The highest BCUT2D eigenvalue weighted by atomic mass is 32.2. The molecule has 89 heavy (non-hydrogen) atoms. The highest BCUT2D eigenvalue weighted by Gasteiger charge is 2.62. The number of rotatable bonds is 37. The number of alkyl carbamates (subject to hydrolysis) is 1. The average molecular weight is 1290 g/mol. The van der Waals surface area contributed by atoms with E-state index >= 15 is 0 Å². The van der Waals surface area contributed by atoms with Gasteiger partial charge in [-0.25, -0.2) is 14.6 Å². The van der Waals surface area contributed by atoms with Crippen LogP contribution in [0, 0.1) is 11.8 Å². The Morgan fingerprint density at radius 1 is 0.674 bits per heavy atom. The van der Waals surface area contributed by atoms with Crippen LogP contribution in [0.25, 0.3) is 10.2 Å². The first-order chi connectivity index (χ1) is 41.9. The molecule has 1 saturated carbocycles. The van der Waals surface area contributed by atoms with Crippen molar-refractivity contribution >= 4 is 115 Å². The van der Waals surface area contributed by atoms with E-state index < -0.39 is 133 Å². The molecule has 2 heterocycles. The first-order valence-electron chi connectivity index (χ1n) is 29.8. The van der Waals surface area contributed by atoms with Crippen LogP contribution in [0.2, 0.25) is 0 Å². The van der Waals surface area contributed by atoms with Gasteiger partial charge in [0.15, 0.2) is 6.04 Å². The van der Waals surface area contributed by atoms with Crippen molar-refractivity contribution in [3.8, 4) is 0 Å². The molecule has 2 aromatic rings. The van der Waals surface area contributed by atoms with E-state index in [1.54, 1.807) is 39.0 Å². The van der Waals surface area contributed by atoms with Gasteiger partial charge in [0.25, 0.3) is 0 Å². The number of hydrogen-bond acceptors (Lipinski definition) is 19. The molecule has 12 N–H and O–H groups in total. The fourth-order valence-electron chi connectivity index (χ4n) is 9.38. The Morgan fingerprint density at radius 2 is 1.24 bits per heavy atom. The normalized spacial score (nSPS) is 17.4. The van der Waals surface area contributed by atoms with Crippen LogP contribution < -0.4 is 58.5 Å². The first-order valence-corrected chi connectivity index (χ1v) is 31.7. The van der Waals surface area contributed by atoms with E-state index in [-0.39, 0.29) is 43.4 Å². The predicted octanol–water partition coefficient (Wildman–Crippen LogP) is 0.315. The number of carboxylic acids is 1. The molecule has 1 aromatic carbocycles. The maximum atomic E-state index is 13.8. The van der Waals surface area contributed by atoms with E-state index in [1.165, 1.54) is 36.9 Å². The number of benzene rings is 1. The number of thiazole rings is 1. The second-order valence-electron chi connectivity index (χ2n) is 24.0. The molecule has 2 aliphatic rings. The molecule has 29 nitrogen and oxygen atoms in total. The number of carbonyl (C=O) groups excluding carboxylic acids is 11. The zero-order chi connectivity index (χ0) is 66.2. The number of carboxylic acid groups (broad SMARTS) is 1. The Kier molecular flexibility index (Phi) is 29.6. The second kappa shape index (κ2) is 35.6. The van der Waals surface area contributed by atoms with Crippen LogP contribution in [0.4, 0.5) is 10.5 Å². The molecule has 494 valence electrons. The van der Waals surface area contributed by atoms with Crippen molar-refractivity contribution in [2.75, 3.05) is 85.1 Å². The van der Waals surface area contributed by atoms with Gasteiger partial charge < -0.3 is 78.1 Å². The summed E-state index contributed by atoms with van der Waals surface area (Å²) >= 11 is 2.58. The number of anilines is 1. The van der Waals surface area contributed by atoms with E-state index in [0.29, 0.717) is 76.9 Å². The molecule has 1 fully saturated rings. The van der Waals surface area contributed by atoms with Crippen LogP contribution in [-0.2, 0) is 57.5 Å². The van der Waals surface area contributed by atoms with Crippen molar-refractivity contribution in [3.63, 3.8) is 0 Å².